The largest absolute Gasteiger partial charge is 0.508 e. The third kappa shape index (κ3) is 25.4. The zero-order chi connectivity index (χ0) is 77.6. The fourth-order valence-electron chi connectivity index (χ4n) is 11.7. The first-order valence-electron chi connectivity index (χ1n) is 35.3. The summed E-state index contributed by atoms with van der Waals surface area (Å²) in [4.78, 5) is 201. The molecule has 3 heterocycles. The number of ether oxygens (including phenoxy) is 1. The molecule has 13 amide bonds. The summed E-state index contributed by atoms with van der Waals surface area (Å²) >= 11 is 0. The van der Waals surface area contributed by atoms with Gasteiger partial charge in [0, 0.05) is 59.9 Å². The lowest BCUT2D eigenvalue weighted by molar-refractivity contribution is -0.157. The number of primary amides is 1. The third-order valence-corrected chi connectivity index (χ3v) is 17.8. The number of hydrogen-bond acceptors (Lipinski definition) is 20. The van der Waals surface area contributed by atoms with Crippen LogP contribution >= 0.6 is 0 Å². The van der Waals surface area contributed by atoms with Crippen molar-refractivity contribution in [1.82, 2.24) is 73.8 Å². The Morgan fingerprint density at radius 3 is 1.56 bits per heavy atom. The maximum atomic E-state index is 14.9. The SMILES string of the molecule is CCCC(=O)N[C@H](CC(N)=O)C(=O)N[C@H](Cc1ccc(O)cc1)C(=O)N[C@H](Cc1c[nH]c2ccccc12)C(=O)N[C@H](CCCN)C(=O)N[C@@H](CCCN)C(=O)NCC(=O)N[C@H](CCCN)C(=O)N[C@@H](Cc1c[nH]c2ccccc12)C(=O)N[C@@H]1C(=O)N[C@@H]([C@@H](C)CC)C(=O)NCC(=O)N[C@@H](CO)C(=O)O[C@@H]1C. The molecule has 12 atom stereocenters. The van der Waals surface area contributed by atoms with Gasteiger partial charge in [0.15, 0.2) is 6.04 Å². The number of nitrogens with two attached hydrogens (primary N) is 4. The van der Waals surface area contributed by atoms with Gasteiger partial charge in [0.1, 0.15) is 66.2 Å². The number of H-pyrrole nitrogens is 2. The number of phenols is 1. The molecule has 35 nitrogen and oxygen atoms in total. The predicted molar refractivity (Wildman–Crippen MR) is 387 cm³/mol. The lowest BCUT2D eigenvalue weighted by Crippen LogP contribution is -2.62. The smallest absolute Gasteiger partial charge is 0.331 e. The molecule has 0 bridgehead atoms. The normalized spacial score (nSPS) is 17.8. The van der Waals surface area contributed by atoms with Crippen molar-refractivity contribution in [3.63, 3.8) is 0 Å². The second-order valence-corrected chi connectivity index (χ2v) is 26.0. The number of aromatic amines is 2. The summed E-state index contributed by atoms with van der Waals surface area (Å²) < 4.78 is 5.56. The topological polar surface area (TPSA) is 569 Å². The molecule has 5 aromatic rings. The number of phenolic OH excluding ortho intramolecular Hbond substituents is 1. The number of aliphatic hydroxyl groups excluding tert-OH is 1. The van der Waals surface area contributed by atoms with Crippen LogP contribution in [0.5, 0.6) is 5.75 Å². The third-order valence-electron chi connectivity index (χ3n) is 17.8. The molecule has 1 saturated heterocycles. The molecule has 35 heteroatoms. The summed E-state index contributed by atoms with van der Waals surface area (Å²) in [6, 6.07) is 4.73. The van der Waals surface area contributed by atoms with E-state index in [4.69, 9.17) is 27.7 Å². The molecule has 1 aliphatic heterocycles. The van der Waals surface area contributed by atoms with Crippen LogP contribution in [0.1, 0.15) is 109 Å². The highest BCUT2D eigenvalue weighted by molar-refractivity contribution is 6.01. The second-order valence-electron chi connectivity index (χ2n) is 26.0. The van der Waals surface area contributed by atoms with Crippen LogP contribution in [-0.2, 0) is 91.1 Å². The number of nitrogens with one attached hydrogen (secondary N) is 14. The van der Waals surface area contributed by atoms with E-state index in [0.717, 1.165) is 0 Å². The molecular formula is C71H100N18O17. The van der Waals surface area contributed by atoms with E-state index in [1.54, 1.807) is 81.7 Å². The van der Waals surface area contributed by atoms with Crippen molar-refractivity contribution in [3.8, 4) is 5.75 Å². The van der Waals surface area contributed by atoms with Gasteiger partial charge < -0.3 is 112 Å². The lowest BCUT2D eigenvalue weighted by atomic mass is 9.97. The Morgan fingerprint density at radius 2 is 1.05 bits per heavy atom. The highest BCUT2D eigenvalue weighted by atomic mass is 16.5. The van der Waals surface area contributed by atoms with Gasteiger partial charge in [-0.15, -0.1) is 0 Å². The monoisotopic (exact) mass is 1480 g/mol. The van der Waals surface area contributed by atoms with E-state index in [1.165, 1.54) is 31.2 Å². The summed E-state index contributed by atoms with van der Waals surface area (Å²) in [6.07, 6.45) is 1.26. The van der Waals surface area contributed by atoms with Crippen LogP contribution in [0.3, 0.4) is 0 Å². The molecule has 106 heavy (non-hydrogen) atoms. The van der Waals surface area contributed by atoms with E-state index < -0.39 is 181 Å². The van der Waals surface area contributed by atoms with Crippen LogP contribution in [0, 0.1) is 5.92 Å². The summed E-state index contributed by atoms with van der Waals surface area (Å²) in [6.45, 7) is 4.13. The van der Waals surface area contributed by atoms with Crippen LogP contribution in [0.2, 0.25) is 0 Å². The van der Waals surface area contributed by atoms with Crippen molar-refractivity contribution in [2.45, 2.75) is 178 Å². The van der Waals surface area contributed by atoms with Crippen molar-refractivity contribution < 1.29 is 82.1 Å². The van der Waals surface area contributed by atoms with E-state index in [-0.39, 0.29) is 89.6 Å². The molecule has 6 rings (SSSR count). The van der Waals surface area contributed by atoms with Gasteiger partial charge in [-0.25, -0.2) is 4.79 Å². The lowest BCUT2D eigenvalue weighted by Gasteiger charge is -2.30. The minimum Gasteiger partial charge on any atom is -0.508 e. The van der Waals surface area contributed by atoms with Gasteiger partial charge in [-0.3, -0.25) is 62.3 Å². The Hall–Kier alpha value is -11.0. The first kappa shape index (κ1) is 83.9. The molecule has 3 aromatic carbocycles. The van der Waals surface area contributed by atoms with Crippen LogP contribution < -0.4 is 86.7 Å². The van der Waals surface area contributed by atoms with E-state index in [1.807, 2.05) is 0 Å². The van der Waals surface area contributed by atoms with Crippen molar-refractivity contribution in [2.24, 2.45) is 28.9 Å². The Labute approximate surface area is 611 Å². The molecule has 24 N–H and O–H groups in total. The average molecular weight is 1480 g/mol. The predicted octanol–water partition coefficient (Wildman–Crippen LogP) is -3.66. The van der Waals surface area contributed by atoms with E-state index in [0.29, 0.717) is 51.3 Å². The molecule has 0 spiro atoms. The van der Waals surface area contributed by atoms with E-state index in [2.05, 4.69) is 73.8 Å². The Bertz CT molecular complexity index is 3880. The number of cyclic esters (lactones) is 1. The first-order valence-corrected chi connectivity index (χ1v) is 35.3. The van der Waals surface area contributed by atoms with Crippen LogP contribution in [0.15, 0.2) is 85.2 Å². The van der Waals surface area contributed by atoms with Gasteiger partial charge in [-0.2, -0.15) is 0 Å². The Balaban J connectivity index is 1.22. The molecular weight excluding hydrogens is 1380 g/mol. The quantitative estimate of drug-likeness (QED) is 0.0169. The minimum atomic E-state index is -1.79. The molecule has 1 fully saturated rings. The standard InChI is InChI=1S/C71H100N18O17/c1-5-14-57(93)81-54(32-56(75)92)67(101)85-51(29-40-22-24-43(91)25-23-40)65(99)87-52(30-41-33-76-46-17-9-7-15-44(41)46)66(100)84-50(21-13-28-74)64(98)83-48(19-11-26-72)62(96)78-35-58(94)80-49(20-12-27-73)63(97)86-53(31-42-34-77-47-18-10-8-16-45(42)47)68(102)89-61-39(4)106-71(105)55(37-90)82-59(95)36-79-69(103)60(38(3)6-2)88-70(61)104/h7-10,15-18,22-25,33-34,38-39,48-55,60-61,76-77,90-91H,5-6,11-14,19-21,26-32,35-37,72-74H2,1-4H3,(H2,75,92)(H,78,96)(H,79,103)(H,80,94)(H,81,93)(H,82,95)(H,83,98)(H,84,100)(H,85,101)(H,86,97)(H,87,99)(H,88,104)(H,89,102)/t38-,39+,48-,49+,50+,51+,52+,53-,54+,55-,60-,61-/m0/s1. The highest BCUT2D eigenvalue weighted by Crippen LogP contribution is 2.23. The number of aliphatic hydroxyl groups is 1. The molecule has 0 unspecified atom stereocenters. The molecule has 2 aromatic heterocycles. The fourth-order valence-corrected chi connectivity index (χ4v) is 11.7. The maximum absolute atomic E-state index is 14.9. The van der Waals surface area contributed by atoms with Crippen LogP contribution in [0.4, 0.5) is 0 Å². The minimum absolute atomic E-state index is 0.00481. The van der Waals surface area contributed by atoms with Gasteiger partial charge in [0.05, 0.1) is 26.1 Å². The Kier molecular flexibility index (Phi) is 33.3. The number of carbonyl (C=O) groups is 14. The van der Waals surface area contributed by atoms with Gasteiger partial charge in [-0.1, -0.05) is 75.7 Å². The number of hydrogen-bond donors (Lipinski definition) is 20. The number of aromatic nitrogens is 2. The summed E-state index contributed by atoms with van der Waals surface area (Å²) in [5.41, 5.74) is 26.0. The molecule has 0 saturated carbocycles. The van der Waals surface area contributed by atoms with Crippen molar-refractivity contribution in [1.29, 1.82) is 0 Å². The summed E-state index contributed by atoms with van der Waals surface area (Å²) in [5.74, 6) is -13.4. The number of aromatic hydroxyl groups is 1. The van der Waals surface area contributed by atoms with Crippen LogP contribution in [-0.4, -0.2) is 209 Å². The molecule has 0 radical (unpaired) electrons. The summed E-state index contributed by atoms with van der Waals surface area (Å²) in [7, 11) is 0. The number of esters is 1. The van der Waals surface area contributed by atoms with Gasteiger partial charge in [0.25, 0.3) is 0 Å². The zero-order valence-corrected chi connectivity index (χ0v) is 59.8. The van der Waals surface area contributed by atoms with Gasteiger partial charge in [-0.05, 0) is 118 Å². The number of rotatable bonds is 39. The second kappa shape index (κ2) is 42.0. The van der Waals surface area contributed by atoms with E-state index >= 15 is 0 Å². The van der Waals surface area contributed by atoms with Crippen molar-refractivity contribution in [3.05, 3.63) is 102 Å². The van der Waals surface area contributed by atoms with Gasteiger partial charge in [0.2, 0.25) is 76.8 Å². The molecule has 0 aliphatic carbocycles. The van der Waals surface area contributed by atoms with Crippen molar-refractivity contribution >= 4 is 105 Å². The van der Waals surface area contributed by atoms with Crippen LogP contribution in [0.25, 0.3) is 21.8 Å². The average Bonchev–Trinajstić information content (AvgIpc) is 1.69. The number of benzene rings is 3. The zero-order valence-electron chi connectivity index (χ0n) is 59.8. The number of para-hydroxylation sites is 2. The Morgan fingerprint density at radius 1 is 0.575 bits per heavy atom. The summed E-state index contributed by atoms with van der Waals surface area (Å²) in [5, 5.41) is 52.2. The molecule has 1 aliphatic rings. The number of fused-ring (bicyclic) bond motifs is 2. The van der Waals surface area contributed by atoms with Crippen molar-refractivity contribution in [2.75, 3.05) is 39.3 Å². The first-order chi connectivity index (χ1) is 50.7. The van der Waals surface area contributed by atoms with Gasteiger partial charge >= 0.3 is 5.97 Å². The molecule has 576 valence electrons. The fraction of sp³-hybridized carbons (Fsp3) is 0.493. The maximum Gasteiger partial charge on any atom is 0.331 e. The number of carbonyl (C=O) groups excluding carboxylic acids is 14. The van der Waals surface area contributed by atoms with E-state index in [9.17, 15) is 77.3 Å². The number of amides is 13. The highest BCUT2D eigenvalue weighted by Gasteiger charge is 2.40.